The summed E-state index contributed by atoms with van der Waals surface area (Å²) in [6.07, 6.45) is 5.11. The van der Waals surface area contributed by atoms with Crippen LogP contribution >= 0.6 is 0 Å². The summed E-state index contributed by atoms with van der Waals surface area (Å²) in [5.41, 5.74) is 1.87. The SMILES string of the molecule is CC(Cc1ccccc1F)NCCc1cnc[nH]1. The topological polar surface area (TPSA) is 40.7 Å². The smallest absolute Gasteiger partial charge is 0.126 e. The Balaban J connectivity index is 1.75. The van der Waals surface area contributed by atoms with Crippen molar-refractivity contribution >= 4 is 0 Å². The molecule has 1 unspecified atom stereocenters. The van der Waals surface area contributed by atoms with E-state index < -0.39 is 0 Å². The van der Waals surface area contributed by atoms with Crippen LogP contribution in [0.3, 0.4) is 0 Å². The minimum absolute atomic E-state index is 0.125. The van der Waals surface area contributed by atoms with Crippen LogP contribution in [-0.2, 0) is 12.8 Å². The van der Waals surface area contributed by atoms with Gasteiger partial charge in [-0.2, -0.15) is 0 Å². The van der Waals surface area contributed by atoms with Crippen LogP contribution < -0.4 is 5.32 Å². The predicted octanol–water partition coefficient (Wildman–Crippen LogP) is 2.31. The first-order valence-corrected chi connectivity index (χ1v) is 6.20. The molecule has 2 aromatic rings. The van der Waals surface area contributed by atoms with E-state index in [0.29, 0.717) is 6.42 Å². The summed E-state index contributed by atoms with van der Waals surface area (Å²) in [7, 11) is 0. The Hall–Kier alpha value is -1.68. The predicted molar refractivity (Wildman–Crippen MR) is 69.9 cm³/mol. The van der Waals surface area contributed by atoms with Crippen molar-refractivity contribution in [2.75, 3.05) is 6.54 Å². The van der Waals surface area contributed by atoms with Crippen molar-refractivity contribution in [3.8, 4) is 0 Å². The van der Waals surface area contributed by atoms with Crippen LogP contribution in [0.1, 0.15) is 18.2 Å². The maximum Gasteiger partial charge on any atom is 0.126 e. The van der Waals surface area contributed by atoms with Crippen molar-refractivity contribution < 1.29 is 4.39 Å². The molecule has 0 amide bonds. The summed E-state index contributed by atoms with van der Waals surface area (Å²) in [4.78, 5) is 7.02. The Bertz CT molecular complexity index is 468. The van der Waals surface area contributed by atoms with Gasteiger partial charge in [0, 0.05) is 30.9 Å². The molecular formula is C14H18FN3. The minimum Gasteiger partial charge on any atom is -0.348 e. The maximum absolute atomic E-state index is 13.5. The van der Waals surface area contributed by atoms with Crippen LogP contribution in [-0.4, -0.2) is 22.6 Å². The first-order chi connectivity index (χ1) is 8.75. The van der Waals surface area contributed by atoms with Crippen LogP contribution in [0.15, 0.2) is 36.8 Å². The molecule has 0 aliphatic carbocycles. The molecule has 4 heteroatoms. The second kappa shape index (κ2) is 6.31. The first-order valence-electron chi connectivity index (χ1n) is 6.20. The van der Waals surface area contributed by atoms with Gasteiger partial charge in [0.1, 0.15) is 5.82 Å². The van der Waals surface area contributed by atoms with Crippen LogP contribution in [0.5, 0.6) is 0 Å². The second-order valence-electron chi connectivity index (χ2n) is 4.48. The zero-order chi connectivity index (χ0) is 12.8. The van der Waals surface area contributed by atoms with Crippen LogP contribution in [0.2, 0.25) is 0 Å². The van der Waals surface area contributed by atoms with E-state index in [4.69, 9.17) is 0 Å². The number of imidazole rings is 1. The average Bonchev–Trinajstić information content (AvgIpc) is 2.85. The monoisotopic (exact) mass is 247 g/mol. The van der Waals surface area contributed by atoms with Gasteiger partial charge in [0.15, 0.2) is 0 Å². The van der Waals surface area contributed by atoms with E-state index in [0.717, 1.165) is 24.2 Å². The first kappa shape index (κ1) is 12.8. The summed E-state index contributed by atoms with van der Waals surface area (Å²) in [5.74, 6) is -0.125. The highest BCUT2D eigenvalue weighted by molar-refractivity contribution is 5.18. The van der Waals surface area contributed by atoms with Crippen molar-refractivity contribution in [2.24, 2.45) is 0 Å². The zero-order valence-electron chi connectivity index (χ0n) is 10.5. The largest absolute Gasteiger partial charge is 0.348 e. The fraction of sp³-hybridized carbons (Fsp3) is 0.357. The summed E-state index contributed by atoms with van der Waals surface area (Å²) in [6.45, 7) is 2.93. The number of benzene rings is 1. The van der Waals surface area contributed by atoms with Gasteiger partial charge in [-0.15, -0.1) is 0 Å². The molecule has 96 valence electrons. The molecule has 18 heavy (non-hydrogen) atoms. The molecule has 0 fully saturated rings. The van der Waals surface area contributed by atoms with E-state index in [1.807, 2.05) is 18.3 Å². The van der Waals surface area contributed by atoms with Gasteiger partial charge in [-0.1, -0.05) is 18.2 Å². The fourth-order valence-electron chi connectivity index (χ4n) is 1.94. The molecule has 1 atom stereocenters. The quantitative estimate of drug-likeness (QED) is 0.822. The standard InChI is InChI=1S/C14H18FN3/c1-11(8-12-4-2-3-5-14(12)15)17-7-6-13-9-16-10-18-13/h2-5,9-11,17H,6-8H2,1H3,(H,16,18). The van der Waals surface area contributed by atoms with Gasteiger partial charge in [0.2, 0.25) is 0 Å². The second-order valence-corrected chi connectivity index (χ2v) is 4.48. The lowest BCUT2D eigenvalue weighted by atomic mass is 10.1. The Kier molecular flexibility index (Phi) is 4.47. The molecule has 0 spiro atoms. The summed E-state index contributed by atoms with van der Waals surface area (Å²) >= 11 is 0. The van der Waals surface area contributed by atoms with E-state index in [2.05, 4.69) is 22.2 Å². The molecule has 0 aliphatic heterocycles. The molecule has 1 aromatic carbocycles. The number of hydrogen-bond donors (Lipinski definition) is 2. The number of aromatic amines is 1. The van der Waals surface area contributed by atoms with Gasteiger partial charge in [0.05, 0.1) is 6.33 Å². The summed E-state index contributed by atoms with van der Waals surface area (Å²) in [5, 5.41) is 3.38. The Morgan fingerprint density at radius 2 is 2.22 bits per heavy atom. The molecule has 2 rings (SSSR count). The van der Waals surface area contributed by atoms with E-state index in [1.54, 1.807) is 12.4 Å². The van der Waals surface area contributed by atoms with Crippen LogP contribution in [0.25, 0.3) is 0 Å². The fourth-order valence-corrected chi connectivity index (χ4v) is 1.94. The molecule has 0 saturated heterocycles. The molecule has 0 saturated carbocycles. The molecule has 1 aromatic heterocycles. The lowest BCUT2D eigenvalue weighted by molar-refractivity contribution is 0.527. The van der Waals surface area contributed by atoms with Crippen molar-refractivity contribution in [3.63, 3.8) is 0 Å². The summed E-state index contributed by atoms with van der Waals surface area (Å²) in [6, 6.07) is 7.18. The molecule has 3 nitrogen and oxygen atoms in total. The molecular weight excluding hydrogens is 229 g/mol. The number of H-pyrrole nitrogens is 1. The van der Waals surface area contributed by atoms with Crippen LogP contribution in [0.4, 0.5) is 4.39 Å². The third kappa shape index (κ3) is 3.67. The number of hydrogen-bond acceptors (Lipinski definition) is 2. The van der Waals surface area contributed by atoms with Crippen molar-refractivity contribution in [2.45, 2.75) is 25.8 Å². The van der Waals surface area contributed by atoms with Gasteiger partial charge < -0.3 is 10.3 Å². The molecule has 2 N–H and O–H groups in total. The van der Waals surface area contributed by atoms with E-state index in [1.165, 1.54) is 6.07 Å². The Morgan fingerprint density at radius 1 is 1.39 bits per heavy atom. The molecule has 0 radical (unpaired) electrons. The number of nitrogens with zero attached hydrogens (tertiary/aromatic N) is 1. The minimum atomic E-state index is -0.125. The average molecular weight is 247 g/mol. The van der Waals surface area contributed by atoms with Crippen molar-refractivity contribution in [1.29, 1.82) is 0 Å². The van der Waals surface area contributed by atoms with Gasteiger partial charge in [-0.3, -0.25) is 0 Å². The Labute approximate surface area is 106 Å². The molecule has 0 bridgehead atoms. The number of rotatable bonds is 6. The van der Waals surface area contributed by atoms with E-state index >= 15 is 0 Å². The summed E-state index contributed by atoms with van der Waals surface area (Å²) < 4.78 is 13.5. The van der Waals surface area contributed by atoms with E-state index in [-0.39, 0.29) is 11.9 Å². The van der Waals surface area contributed by atoms with Crippen molar-refractivity contribution in [1.82, 2.24) is 15.3 Å². The zero-order valence-corrected chi connectivity index (χ0v) is 10.5. The highest BCUT2D eigenvalue weighted by atomic mass is 19.1. The number of halogens is 1. The van der Waals surface area contributed by atoms with Gasteiger partial charge >= 0.3 is 0 Å². The van der Waals surface area contributed by atoms with E-state index in [9.17, 15) is 4.39 Å². The van der Waals surface area contributed by atoms with Gasteiger partial charge in [0.25, 0.3) is 0 Å². The molecule has 0 aliphatic rings. The molecule has 1 heterocycles. The number of aromatic nitrogens is 2. The van der Waals surface area contributed by atoms with Gasteiger partial charge in [-0.05, 0) is 25.0 Å². The lowest BCUT2D eigenvalue weighted by Gasteiger charge is -2.13. The maximum atomic E-state index is 13.5. The van der Waals surface area contributed by atoms with Crippen LogP contribution in [0, 0.1) is 5.82 Å². The Morgan fingerprint density at radius 3 is 2.94 bits per heavy atom. The number of nitrogens with one attached hydrogen (secondary N) is 2. The highest BCUT2D eigenvalue weighted by Crippen LogP contribution is 2.08. The highest BCUT2D eigenvalue weighted by Gasteiger charge is 2.06. The lowest BCUT2D eigenvalue weighted by Crippen LogP contribution is -2.30. The van der Waals surface area contributed by atoms with Gasteiger partial charge in [-0.25, -0.2) is 9.37 Å². The normalized spacial score (nSPS) is 12.6. The third-order valence-electron chi connectivity index (χ3n) is 2.93. The third-order valence-corrected chi connectivity index (χ3v) is 2.93. The van der Waals surface area contributed by atoms with Crippen molar-refractivity contribution in [3.05, 3.63) is 53.9 Å².